The number of aliphatic hydroxyl groups is 1. The summed E-state index contributed by atoms with van der Waals surface area (Å²) in [5.41, 5.74) is -0.145. The summed E-state index contributed by atoms with van der Waals surface area (Å²) in [6, 6.07) is 0.667. The molecule has 0 radical (unpaired) electrons. The van der Waals surface area contributed by atoms with Crippen molar-refractivity contribution in [2.75, 3.05) is 19.7 Å². The van der Waals surface area contributed by atoms with E-state index in [1.165, 1.54) is 25.7 Å². The summed E-state index contributed by atoms with van der Waals surface area (Å²) >= 11 is 0. The monoisotopic (exact) mass is 225 g/mol. The number of ether oxygens (including phenoxy) is 1. The second-order valence-corrected chi connectivity index (χ2v) is 6.01. The summed E-state index contributed by atoms with van der Waals surface area (Å²) < 4.78 is 5.94. The van der Waals surface area contributed by atoms with E-state index in [1.54, 1.807) is 0 Å². The molecule has 1 N–H and O–H groups in total. The molecule has 2 heterocycles. The van der Waals surface area contributed by atoms with Crippen LogP contribution in [0.3, 0.4) is 0 Å². The van der Waals surface area contributed by atoms with Crippen LogP contribution in [0.1, 0.15) is 45.4 Å². The zero-order valence-corrected chi connectivity index (χ0v) is 10.2. The first kappa shape index (κ1) is 11.0. The molecule has 0 amide bonds. The molecule has 3 heteroatoms. The van der Waals surface area contributed by atoms with Crippen molar-refractivity contribution in [2.45, 2.75) is 62.7 Å². The number of rotatable bonds is 2. The van der Waals surface area contributed by atoms with E-state index >= 15 is 0 Å². The minimum atomic E-state index is -0.384. The molecule has 1 atom stereocenters. The highest BCUT2D eigenvalue weighted by molar-refractivity contribution is 5.02. The summed E-state index contributed by atoms with van der Waals surface area (Å²) in [6.07, 6.45) is 7.10. The standard InChI is InChI=1S/C13H23NO2/c1-2-12(15)9-14(10-12)11-4-7-16-13(8-11)5-3-6-13/h11,15H,2-10H2,1H3. The predicted molar refractivity (Wildman–Crippen MR) is 62.4 cm³/mol. The maximum absolute atomic E-state index is 10.0. The average Bonchev–Trinajstić information content (AvgIpc) is 2.23. The molecule has 3 nitrogen and oxygen atoms in total. The zero-order valence-electron chi connectivity index (χ0n) is 10.2. The minimum Gasteiger partial charge on any atom is -0.387 e. The Hall–Kier alpha value is -0.120. The Kier molecular flexibility index (Phi) is 2.54. The Bertz CT molecular complexity index is 269. The third-order valence-electron chi connectivity index (χ3n) is 4.90. The van der Waals surface area contributed by atoms with Gasteiger partial charge >= 0.3 is 0 Å². The van der Waals surface area contributed by atoms with Gasteiger partial charge < -0.3 is 9.84 Å². The van der Waals surface area contributed by atoms with Crippen LogP contribution in [-0.4, -0.2) is 46.9 Å². The zero-order chi connectivity index (χ0) is 11.2. The van der Waals surface area contributed by atoms with Crippen molar-refractivity contribution in [3.05, 3.63) is 0 Å². The minimum absolute atomic E-state index is 0.239. The lowest BCUT2D eigenvalue weighted by molar-refractivity contribution is -0.181. The second kappa shape index (κ2) is 3.69. The number of hydrogen-bond acceptors (Lipinski definition) is 3. The van der Waals surface area contributed by atoms with Crippen molar-refractivity contribution in [2.24, 2.45) is 0 Å². The summed E-state index contributed by atoms with van der Waals surface area (Å²) in [5.74, 6) is 0. The molecular formula is C13H23NO2. The molecule has 0 aromatic carbocycles. The molecule has 2 saturated heterocycles. The first-order chi connectivity index (χ1) is 7.65. The highest BCUT2D eigenvalue weighted by Crippen LogP contribution is 2.44. The van der Waals surface area contributed by atoms with Gasteiger partial charge in [0.2, 0.25) is 0 Å². The van der Waals surface area contributed by atoms with Crippen LogP contribution in [0.15, 0.2) is 0 Å². The fraction of sp³-hybridized carbons (Fsp3) is 1.00. The lowest BCUT2D eigenvalue weighted by Crippen LogP contribution is -2.66. The van der Waals surface area contributed by atoms with Crippen LogP contribution in [0.2, 0.25) is 0 Å². The fourth-order valence-electron chi connectivity index (χ4n) is 3.42. The highest BCUT2D eigenvalue weighted by Gasteiger charge is 2.48. The lowest BCUT2D eigenvalue weighted by Gasteiger charge is -2.55. The number of nitrogens with zero attached hydrogens (tertiary/aromatic N) is 1. The molecular weight excluding hydrogens is 202 g/mol. The number of β-amino-alcohol motifs (C(OH)–C–C–N with tert-alkyl or cyclic N) is 1. The molecule has 16 heavy (non-hydrogen) atoms. The molecule has 0 aromatic rings. The Labute approximate surface area is 97.8 Å². The van der Waals surface area contributed by atoms with E-state index in [0.717, 1.165) is 32.5 Å². The topological polar surface area (TPSA) is 32.7 Å². The molecule has 92 valence electrons. The van der Waals surface area contributed by atoms with E-state index in [1.807, 2.05) is 0 Å². The van der Waals surface area contributed by atoms with Crippen molar-refractivity contribution in [3.63, 3.8) is 0 Å². The van der Waals surface area contributed by atoms with Crippen LogP contribution in [-0.2, 0) is 4.74 Å². The molecule has 3 rings (SSSR count). The van der Waals surface area contributed by atoms with E-state index in [4.69, 9.17) is 4.74 Å². The van der Waals surface area contributed by atoms with Gasteiger partial charge in [-0.1, -0.05) is 6.92 Å². The SMILES string of the molecule is CCC1(O)CN(C2CCOC3(CCC3)C2)C1. The Morgan fingerprint density at radius 2 is 2.12 bits per heavy atom. The van der Waals surface area contributed by atoms with Gasteiger partial charge in [0.05, 0.1) is 11.2 Å². The molecule has 2 aliphatic heterocycles. The first-order valence-electron chi connectivity index (χ1n) is 6.75. The lowest BCUT2D eigenvalue weighted by atomic mass is 9.72. The van der Waals surface area contributed by atoms with Gasteiger partial charge in [-0.2, -0.15) is 0 Å². The summed E-state index contributed by atoms with van der Waals surface area (Å²) in [6.45, 7) is 4.76. The summed E-state index contributed by atoms with van der Waals surface area (Å²) in [4.78, 5) is 2.46. The van der Waals surface area contributed by atoms with Crippen molar-refractivity contribution < 1.29 is 9.84 Å². The Morgan fingerprint density at radius 3 is 2.69 bits per heavy atom. The molecule has 1 saturated carbocycles. The molecule has 1 unspecified atom stereocenters. The highest BCUT2D eigenvalue weighted by atomic mass is 16.5. The van der Waals surface area contributed by atoms with Gasteiger partial charge in [-0.25, -0.2) is 0 Å². The summed E-state index contributed by atoms with van der Waals surface area (Å²) in [5, 5.41) is 10.0. The van der Waals surface area contributed by atoms with Gasteiger partial charge in [0.1, 0.15) is 0 Å². The fourth-order valence-corrected chi connectivity index (χ4v) is 3.42. The van der Waals surface area contributed by atoms with Crippen LogP contribution >= 0.6 is 0 Å². The Morgan fingerprint density at radius 1 is 1.38 bits per heavy atom. The Balaban J connectivity index is 1.56. The van der Waals surface area contributed by atoms with Crippen molar-refractivity contribution in [3.8, 4) is 0 Å². The van der Waals surface area contributed by atoms with Gasteiger partial charge in [0.15, 0.2) is 0 Å². The third kappa shape index (κ3) is 1.69. The molecule has 3 aliphatic rings. The van der Waals surface area contributed by atoms with Crippen LogP contribution in [0.4, 0.5) is 0 Å². The first-order valence-corrected chi connectivity index (χ1v) is 6.75. The van der Waals surface area contributed by atoms with E-state index in [2.05, 4.69) is 11.8 Å². The quantitative estimate of drug-likeness (QED) is 0.774. The van der Waals surface area contributed by atoms with Gasteiger partial charge in [-0.3, -0.25) is 4.90 Å². The average molecular weight is 225 g/mol. The third-order valence-corrected chi connectivity index (χ3v) is 4.90. The van der Waals surface area contributed by atoms with Gasteiger partial charge in [-0.05, 0) is 38.5 Å². The van der Waals surface area contributed by atoms with Crippen molar-refractivity contribution >= 4 is 0 Å². The van der Waals surface area contributed by atoms with Gasteiger partial charge in [0.25, 0.3) is 0 Å². The smallest absolute Gasteiger partial charge is 0.0897 e. The molecule has 3 fully saturated rings. The van der Waals surface area contributed by atoms with Crippen LogP contribution < -0.4 is 0 Å². The predicted octanol–water partition coefficient (Wildman–Crippen LogP) is 1.54. The van der Waals surface area contributed by atoms with Crippen molar-refractivity contribution in [1.29, 1.82) is 0 Å². The van der Waals surface area contributed by atoms with E-state index < -0.39 is 0 Å². The van der Waals surface area contributed by atoms with Crippen LogP contribution in [0.5, 0.6) is 0 Å². The molecule has 0 aromatic heterocycles. The second-order valence-electron chi connectivity index (χ2n) is 6.01. The van der Waals surface area contributed by atoms with E-state index in [-0.39, 0.29) is 11.2 Å². The van der Waals surface area contributed by atoms with Crippen molar-refractivity contribution in [1.82, 2.24) is 4.90 Å². The van der Waals surface area contributed by atoms with E-state index in [9.17, 15) is 5.11 Å². The van der Waals surface area contributed by atoms with Crippen LogP contribution in [0.25, 0.3) is 0 Å². The van der Waals surface area contributed by atoms with E-state index in [0.29, 0.717) is 6.04 Å². The molecule has 1 spiro atoms. The van der Waals surface area contributed by atoms with Gasteiger partial charge in [0, 0.05) is 25.7 Å². The maximum Gasteiger partial charge on any atom is 0.0897 e. The molecule has 0 bridgehead atoms. The van der Waals surface area contributed by atoms with Crippen LogP contribution in [0, 0.1) is 0 Å². The summed E-state index contributed by atoms with van der Waals surface area (Å²) in [7, 11) is 0. The largest absolute Gasteiger partial charge is 0.387 e. The van der Waals surface area contributed by atoms with Gasteiger partial charge in [-0.15, -0.1) is 0 Å². The maximum atomic E-state index is 10.0. The normalized spacial score (nSPS) is 36.8. The molecule has 1 aliphatic carbocycles. The number of hydrogen-bond donors (Lipinski definition) is 1. The number of likely N-dealkylation sites (tertiary alicyclic amines) is 1.